The van der Waals surface area contributed by atoms with Gasteiger partial charge >= 0.3 is 0 Å². The Kier molecular flexibility index (Phi) is 4.38. The number of hydrogen-bond acceptors (Lipinski definition) is 2. The number of nitrogens with zero attached hydrogens (tertiary/aromatic N) is 2. The number of benzene rings is 1. The van der Waals surface area contributed by atoms with E-state index in [0.29, 0.717) is 18.5 Å². The van der Waals surface area contributed by atoms with Gasteiger partial charge in [-0.15, -0.1) is 0 Å². The molecular weight excluding hydrogens is 300 g/mol. The van der Waals surface area contributed by atoms with E-state index in [1.54, 1.807) is 23.6 Å². The highest BCUT2D eigenvalue weighted by molar-refractivity contribution is 5.95. The number of carbonyl (C=O) groups excluding carboxylic acids is 1. The van der Waals surface area contributed by atoms with Crippen molar-refractivity contribution in [2.24, 2.45) is 0 Å². The van der Waals surface area contributed by atoms with Crippen LogP contribution in [0.1, 0.15) is 34.8 Å². The largest absolute Gasteiger partial charge is 0.345 e. The normalized spacial score (nSPS) is 12.3. The standard InChI is InChI=1S/C20H22N2O2/c1-4-11-22-13-18(16-9-6-10-17(16)20(22)24)14-7-5-8-15(12-14)19(23)21(2)3/h5-9,12-13H,4,10-11H2,1-3H3. The fraction of sp³-hybridized carbons (Fsp3) is 0.300. The molecule has 0 fully saturated rings. The van der Waals surface area contributed by atoms with E-state index in [2.05, 4.69) is 6.92 Å². The Morgan fingerprint density at radius 3 is 2.79 bits per heavy atom. The minimum Gasteiger partial charge on any atom is -0.345 e. The Labute approximate surface area is 142 Å². The third kappa shape index (κ3) is 2.80. The molecule has 124 valence electrons. The summed E-state index contributed by atoms with van der Waals surface area (Å²) in [5, 5.41) is 0. The monoisotopic (exact) mass is 322 g/mol. The molecule has 1 aromatic carbocycles. The molecule has 24 heavy (non-hydrogen) atoms. The molecule has 4 heteroatoms. The van der Waals surface area contributed by atoms with E-state index in [-0.39, 0.29) is 11.5 Å². The number of aromatic nitrogens is 1. The predicted molar refractivity (Wildman–Crippen MR) is 97.2 cm³/mol. The number of aryl methyl sites for hydroxylation is 1. The van der Waals surface area contributed by atoms with Gasteiger partial charge in [0.1, 0.15) is 0 Å². The lowest BCUT2D eigenvalue weighted by Gasteiger charge is -2.15. The van der Waals surface area contributed by atoms with Crippen molar-refractivity contribution in [3.05, 3.63) is 63.6 Å². The Bertz CT molecular complexity index is 876. The van der Waals surface area contributed by atoms with Crippen LogP contribution in [0.3, 0.4) is 0 Å². The van der Waals surface area contributed by atoms with Crippen LogP contribution in [-0.4, -0.2) is 29.5 Å². The molecule has 1 aliphatic rings. The number of rotatable bonds is 4. The molecule has 0 atom stereocenters. The molecule has 3 rings (SSSR count). The number of amides is 1. The van der Waals surface area contributed by atoms with E-state index in [4.69, 9.17) is 0 Å². The first kappa shape index (κ1) is 16.2. The van der Waals surface area contributed by atoms with Gasteiger partial charge in [0.15, 0.2) is 0 Å². The third-order valence-corrected chi connectivity index (χ3v) is 4.32. The highest BCUT2D eigenvalue weighted by Gasteiger charge is 2.18. The molecule has 0 radical (unpaired) electrons. The average molecular weight is 322 g/mol. The summed E-state index contributed by atoms with van der Waals surface area (Å²) in [6, 6.07) is 7.62. The molecular formula is C20H22N2O2. The molecule has 1 heterocycles. The van der Waals surface area contributed by atoms with Crippen LogP contribution in [0.4, 0.5) is 0 Å². The molecule has 0 saturated carbocycles. The maximum atomic E-state index is 12.6. The number of carbonyl (C=O) groups is 1. The van der Waals surface area contributed by atoms with Gasteiger partial charge in [0.2, 0.25) is 0 Å². The Morgan fingerprint density at radius 1 is 1.29 bits per heavy atom. The topological polar surface area (TPSA) is 42.3 Å². The van der Waals surface area contributed by atoms with Gasteiger partial charge in [-0.2, -0.15) is 0 Å². The second kappa shape index (κ2) is 6.48. The van der Waals surface area contributed by atoms with Crippen molar-refractivity contribution < 1.29 is 4.79 Å². The summed E-state index contributed by atoms with van der Waals surface area (Å²) in [5.74, 6) is -0.0223. The SMILES string of the molecule is CCCn1cc(-c2cccc(C(=O)N(C)C)c2)c2c(c1=O)CC=C2. The van der Waals surface area contributed by atoms with E-state index in [0.717, 1.165) is 28.7 Å². The highest BCUT2D eigenvalue weighted by atomic mass is 16.2. The molecule has 1 amide bonds. The Balaban J connectivity index is 2.16. The van der Waals surface area contributed by atoms with E-state index in [1.807, 2.05) is 42.6 Å². The van der Waals surface area contributed by atoms with E-state index >= 15 is 0 Å². The van der Waals surface area contributed by atoms with E-state index < -0.39 is 0 Å². The summed E-state index contributed by atoms with van der Waals surface area (Å²) < 4.78 is 1.79. The van der Waals surface area contributed by atoms with Gasteiger partial charge in [-0.3, -0.25) is 9.59 Å². The molecule has 4 nitrogen and oxygen atoms in total. The molecule has 0 N–H and O–H groups in total. The minimum atomic E-state index is -0.0223. The lowest BCUT2D eigenvalue weighted by atomic mass is 9.97. The molecule has 1 aliphatic carbocycles. The van der Waals surface area contributed by atoms with Crippen molar-refractivity contribution in [3.8, 4) is 11.1 Å². The summed E-state index contributed by atoms with van der Waals surface area (Å²) in [7, 11) is 3.49. The first-order valence-electron chi connectivity index (χ1n) is 8.28. The molecule has 0 bridgehead atoms. The van der Waals surface area contributed by atoms with E-state index in [1.165, 1.54) is 0 Å². The van der Waals surface area contributed by atoms with Crippen molar-refractivity contribution in [1.29, 1.82) is 0 Å². The predicted octanol–water partition coefficient (Wildman–Crippen LogP) is 3.20. The van der Waals surface area contributed by atoms with Gasteiger partial charge < -0.3 is 9.47 Å². The van der Waals surface area contributed by atoms with Gasteiger partial charge in [-0.25, -0.2) is 0 Å². The zero-order valence-electron chi connectivity index (χ0n) is 14.4. The highest BCUT2D eigenvalue weighted by Crippen LogP contribution is 2.30. The summed E-state index contributed by atoms with van der Waals surface area (Å²) in [6.45, 7) is 2.77. The van der Waals surface area contributed by atoms with Crippen molar-refractivity contribution in [2.75, 3.05) is 14.1 Å². The third-order valence-electron chi connectivity index (χ3n) is 4.32. The summed E-state index contributed by atoms with van der Waals surface area (Å²) in [4.78, 5) is 26.4. The summed E-state index contributed by atoms with van der Waals surface area (Å²) in [5.41, 5.74) is 4.57. The smallest absolute Gasteiger partial charge is 0.254 e. The number of allylic oxidation sites excluding steroid dienone is 1. The summed E-state index contributed by atoms with van der Waals surface area (Å²) >= 11 is 0. The van der Waals surface area contributed by atoms with Gasteiger partial charge in [0.25, 0.3) is 11.5 Å². The maximum absolute atomic E-state index is 12.6. The van der Waals surface area contributed by atoms with Crippen molar-refractivity contribution in [2.45, 2.75) is 26.3 Å². The van der Waals surface area contributed by atoms with Crippen LogP contribution in [0.25, 0.3) is 17.2 Å². The van der Waals surface area contributed by atoms with Crippen molar-refractivity contribution in [1.82, 2.24) is 9.47 Å². The zero-order chi connectivity index (χ0) is 17.3. The zero-order valence-corrected chi connectivity index (χ0v) is 14.4. The Hall–Kier alpha value is -2.62. The van der Waals surface area contributed by atoms with Crippen LogP contribution in [0.2, 0.25) is 0 Å². The first-order chi connectivity index (χ1) is 11.5. The maximum Gasteiger partial charge on any atom is 0.254 e. The summed E-state index contributed by atoms with van der Waals surface area (Å²) in [6.07, 6.45) is 7.57. The van der Waals surface area contributed by atoms with Crippen LogP contribution in [0.15, 0.2) is 41.3 Å². The van der Waals surface area contributed by atoms with Crippen LogP contribution < -0.4 is 5.56 Å². The molecule has 0 saturated heterocycles. The van der Waals surface area contributed by atoms with Crippen LogP contribution >= 0.6 is 0 Å². The molecule has 1 aromatic heterocycles. The Morgan fingerprint density at radius 2 is 2.08 bits per heavy atom. The fourth-order valence-corrected chi connectivity index (χ4v) is 3.13. The van der Waals surface area contributed by atoms with Crippen LogP contribution in [0.5, 0.6) is 0 Å². The van der Waals surface area contributed by atoms with Crippen LogP contribution in [0, 0.1) is 0 Å². The lowest BCUT2D eigenvalue weighted by molar-refractivity contribution is 0.0827. The molecule has 2 aromatic rings. The van der Waals surface area contributed by atoms with Crippen LogP contribution in [-0.2, 0) is 13.0 Å². The quantitative estimate of drug-likeness (QED) is 0.867. The van der Waals surface area contributed by atoms with Gasteiger partial charge in [-0.1, -0.05) is 31.2 Å². The van der Waals surface area contributed by atoms with Gasteiger partial charge in [0.05, 0.1) is 0 Å². The number of fused-ring (bicyclic) bond motifs is 1. The number of pyridine rings is 1. The first-order valence-corrected chi connectivity index (χ1v) is 8.28. The average Bonchev–Trinajstić information content (AvgIpc) is 3.07. The minimum absolute atomic E-state index is 0.0223. The molecule has 0 aliphatic heterocycles. The second-order valence-electron chi connectivity index (χ2n) is 6.32. The van der Waals surface area contributed by atoms with Gasteiger partial charge in [-0.05, 0) is 36.1 Å². The lowest BCUT2D eigenvalue weighted by Crippen LogP contribution is -2.24. The van der Waals surface area contributed by atoms with Gasteiger partial charge in [0, 0.05) is 43.5 Å². The van der Waals surface area contributed by atoms with Crippen molar-refractivity contribution >= 4 is 12.0 Å². The molecule has 0 spiro atoms. The second-order valence-corrected chi connectivity index (χ2v) is 6.32. The molecule has 0 unspecified atom stereocenters. The fourth-order valence-electron chi connectivity index (χ4n) is 3.13. The number of hydrogen-bond donors (Lipinski definition) is 0. The van der Waals surface area contributed by atoms with E-state index in [9.17, 15) is 9.59 Å². The van der Waals surface area contributed by atoms with Crippen molar-refractivity contribution in [3.63, 3.8) is 0 Å².